The smallest absolute Gasteiger partial charge is 0.188 e. The molecule has 102 valence electrons. The van der Waals surface area contributed by atoms with Crippen LogP contribution in [-0.4, -0.2) is 5.12 Å². The van der Waals surface area contributed by atoms with E-state index in [-0.39, 0.29) is 11.0 Å². The molecule has 17 heavy (non-hydrogen) atoms. The topological polar surface area (TPSA) is 17.1 Å². The molecule has 1 nitrogen and oxygen atoms in total. The molecule has 0 spiro atoms. The zero-order valence-electron chi connectivity index (χ0n) is 11.9. The van der Waals surface area contributed by atoms with Gasteiger partial charge in [-0.05, 0) is 12.3 Å². The quantitative estimate of drug-likeness (QED) is 0.501. The van der Waals surface area contributed by atoms with Crippen LogP contribution in [0, 0.1) is 11.8 Å². The first-order chi connectivity index (χ1) is 8.11. The third-order valence-corrected chi connectivity index (χ3v) is 4.04. The molecule has 0 heterocycles. The zero-order valence-corrected chi connectivity index (χ0v) is 12.8. The Balaban J connectivity index is 3.77. The molecule has 0 radical (unpaired) electrons. The maximum absolute atomic E-state index is 11.0. The Bertz CT molecular complexity index is 183. The van der Waals surface area contributed by atoms with Gasteiger partial charge in [-0.3, -0.25) is 4.79 Å². The minimum atomic E-state index is 0.0451. The lowest BCUT2D eigenvalue weighted by molar-refractivity contribution is -0.113. The maximum Gasteiger partial charge on any atom is 0.188 e. The molecule has 0 saturated carbocycles. The van der Waals surface area contributed by atoms with Crippen LogP contribution >= 0.6 is 12.6 Å². The minimum Gasteiger partial charge on any atom is -0.287 e. The van der Waals surface area contributed by atoms with Gasteiger partial charge in [-0.25, -0.2) is 0 Å². The summed E-state index contributed by atoms with van der Waals surface area (Å²) in [6.07, 6.45) is 11.6. The van der Waals surface area contributed by atoms with E-state index in [1.54, 1.807) is 0 Å². The molecule has 0 bridgehead atoms. The molecule has 0 aromatic rings. The van der Waals surface area contributed by atoms with Gasteiger partial charge in [0.25, 0.3) is 0 Å². The summed E-state index contributed by atoms with van der Waals surface area (Å²) < 4.78 is 0. The highest BCUT2D eigenvalue weighted by Gasteiger charge is 2.11. The molecule has 0 aliphatic carbocycles. The Labute approximate surface area is 113 Å². The fraction of sp³-hybridized carbons (Fsp3) is 0.933. The first-order valence-electron chi connectivity index (χ1n) is 7.34. The summed E-state index contributed by atoms with van der Waals surface area (Å²) in [6, 6.07) is 0. The summed E-state index contributed by atoms with van der Waals surface area (Å²) in [5.41, 5.74) is 0. The van der Waals surface area contributed by atoms with E-state index in [4.69, 9.17) is 0 Å². The lowest BCUT2D eigenvalue weighted by atomic mass is 9.90. The van der Waals surface area contributed by atoms with Gasteiger partial charge in [0.1, 0.15) is 0 Å². The SMILES string of the molecule is CCCCC(CCCC)CCCC(C)C(=O)S. The number of hydrogen-bond acceptors (Lipinski definition) is 1. The maximum atomic E-state index is 11.0. The molecule has 0 rings (SSSR count). The highest BCUT2D eigenvalue weighted by molar-refractivity contribution is 7.96. The predicted molar refractivity (Wildman–Crippen MR) is 79.5 cm³/mol. The van der Waals surface area contributed by atoms with Crippen LogP contribution < -0.4 is 0 Å². The van der Waals surface area contributed by atoms with Crippen LogP contribution in [0.25, 0.3) is 0 Å². The third-order valence-electron chi connectivity index (χ3n) is 3.60. The Hall–Kier alpha value is 0.0200. The van der Waals surface area contributed by atoms with Crippen molar-refractivity contribution in [3.8, 4) is 0 Å². The fourth-order valence-corrected chi connectivity index (χ4v) is 2.38. The van der Waals surface area contributed by atoms with E-state index in [0.29, 0.717) is 0 Å². The van der Waals surface area contributed by atoms with Crippen LogP contribution in [0.2, 0.25) is 0 Å². The van der Waals surface area contributed by atoms with Crippen LogP contribution in [0.5, 0.6) is 0 Å². The van der Waals surface area contributed by atoms with Gasteiger partial charge in [0.15, 0.2) is 5.12 Å². The fourth-order valence-electron chi connectivity index (χ4n) is 2.25. The van der Waals surface area contributed by atoms with Gasteiger partial charge in [-0.2, -0.15) is 0 Å². The number of carbonyl (C=O) groups is 1. The Morgan fingerprint density at radius 1 is 0.941 bits per heavy atom. The van der Waals surface area contributed by atoms with Crippen LogP contribution in [0.3, 0.4) is 0 Å². The largest absolute Gasteiger partial charge is 0.287 e. The Kier molecular flexibility index (Phi) is 11.1. The summed E-state index contributed by atoms with van der Waals surface area (Å²) in [5, 5.41) is 0.0451. The lowest BCUT2D eigenvalue weighted by Crippen LogP contribution is -2.06. The zero-order chi connectivity index (χ0) is 13.1. The predicted octanol–water partition coefficient (Wildman–Crippen LogP) is 5.25. The number of carbonyl (C=O) groups excluding carboxylic acids is 1. The molecule has 0 fully saturated rings. The van der Waals surface area contributed by atoms with Crippen molar-refractivity contribution in [2.75, 3.05) is 0 Å². The molecule has 0 aliphatic rings. The van der Waals surface area contributed by atoms with E-state index in [9.17, 15) is 4.79 Å². The highest BCUT2D eigenvalue weighted by atomic mass is 32.1. The second kappa shape index (κ2) is 11.1. The highest BCUT2D eigenvalue weighted by Crippen LogP contribution is 2.23. The number of hydrogen-bond donors (Lipinski definition) is 1. The molecule has 0 amide bonds. The second-order valence-electron chi connectivity index (χ2n) is 5.32. The first kappa shape index (κ1) is 17.0. The molecule has 0 N–H and O–H groups in total. The van der Waals surface area contributed by atoms with E-state index in [1.165, 1.54) is 51.4 Å². The van der Waals surface area contributed by atoms with E-state index in [2.05, 4.69) is 26.5 Å². The molecule has 0 saturated heterocycles. The number of rotatable bonds is 11. The van der Waals surface area contributed by atoms with Crippen LogP contribution in [-0.2, 0) is 4.79 Å². The molecule has 0 aromatic heterocycles. The van der Waals surface area contributed by atoms with Crippen molar-refractivity contribution in [3.63, 3.8) is 0 Å². The van der Waals surface area contributed by atoms with Crippen molar-refractivity contribution < 1.29 is 4.79 Å². The van der Waals surface area contributed by atoms with Gasteiger partial charge in [-0.15, -0.1) is 12.6 Å². The van der Waals surface area contributed by atoms with Gasteiger partial charge < -0.3 is 0 Å². The molecule has 1 atom stereocenters. The normalized spacial score (nSPS) is 13.0. The van der Waals surface area contributed by atoms with Gasteiger partial charge in [0.2, 0.25) is 0 Å². The van der Waals surface area contributed by atoms with Crippen molar-refractivity contribution in [2.24, 2.45) is 11.8 Å². The summed E-state index contributed by atoms with van der Waals surface area (Å²) in [4.78, 5) is 11.0. The van der Waals surface area contributed by atoms with Crippen molar-refractivity contribution in [1.29, 1.82) is 0 Å². The van der Waals surface area contributed by atoms with Gasteiger partial charge >= 0.3 is 0 Å². The average molecular weight is 258 g/mol. The van der Waals surface area contributed by atoms with Crippen LogP contribution in [0.15, 0.2) is 0 Å². The van der Waals surface area contributed by atoms with Crippen LogP contribution in [0.4, 0.5) is 0 Å². The lowest BCUT2D eigenvalue weighted by Gasteiger charge is -2.17. The van der Waals surface area contributed by atoms with Gasteiger partial charge in [0.05, 0.1) is 0 Å². The molecule has 1 unspecified atom stereocenters. The Morgan fingerprint density at radius 3 is 1.82 bits per heavy atom. The summed E-state index contributed by atoms with van der Waals surface area (Å²) in [6.45, 7) is 6.51. The minimum absolute atomic E-state index is 0.0451. The van der Waals surface area contributed by atoms with Crippen molar-refractivity contribution >= 4 is 17.7 Å². The van der Waals surface area contributed by atoms with Crippen molar-refractivity contribution in [3.05, 3.63) is 0 Å². The van der Waals surface area contributed by atoms with E-state index in [0.717, 1.165) is 12.3 Å². The molecular weight excluding hydrogens is 228 g/mol. The average Bonchev–Trinajstić information content (AvgIpc) is 2.31. The van der Waals surface area contributed by atoms with Crippen molar-refractivity contribution in [2.45, 2.75) is 78.6 Å². The molecule has 2 heteroatoms. The van der Waals surface area contributed by atoms with Gasteiger partial charge in [-0.1, -0.05) is 72.1 Å². The van der Waals surface area contributed by atoms with Crippen LogP contribution in [0.1, 0.15) is 78.6 Å². The summed E-state index contributed by atoms with van der Waals surface area (Å²) in [7, 11) is 0. The Morgan fingerprint density at radius 2 is 1.41 bits per heavy atom. The third kappa shape index (κ3) is 9.70. The molecular formula is C15H30OS. The molecule has 0 aliphatic heterocycles. The first-order valence-corrected chi connectivity index (χ1v) is 7.79. The van der Waals surface area contributed by atoms with E-state index >= 15 is 0 Å². The summed E-state index contributed by atoms with van der Waals surface area (Å²) >= 11 is 3.89. The standard InChI is InChI=1S/C15H30OS/c1-4-6-10-14(11-7-5-2)12-8-9-13(3)15(16)17/h13-14H,4-12H2,1-3H3,(H,16,17). The summed E-state index contributed by atoms with van der Waals surface area (Å²) in [5.74, 6) is 1.02. The van der Waals surface area contributed by atoms with E-state index < -0.39 is 0 Å². The number of thiol groups is 1. The molecule has 0 aromatic carbocycles. The second-order valence-corrected chi connectivity index (χ2v) is 5.76. The van der Waals surface area contributed by atoms with Crippen molar-refractivity contribution in [1.82, 2.24) is 0 Å². The van der Waals surface area contributed by atoms with Gasteiger partial charge in [0, 0.05) is 5.92 Å². The monoisotopic (exact) mass is 258 g/mol. The van der Waals surface area contributed by atoms with E-state index in [1.807, 2.05) is 6.92 Å². The number of unbranched alkanes of at least 4 members (excludes halogenated alkanes) is 2.